The van der Waals surface area contributed by atoms with E-state index in [1.54, 1.807) is 6.20 Å². The minimum Gasteiger partial charge on any atom is -0.457 e. The van der Waals surface area contributed by atoms with Gasteiger partial charge < -0.3 is 9.47 Å². The maximum Gasteiger partial charge on any atom is 0.219 e. The highest BCUT2D eigenvalue weighted by molar-refractivity contribution is 5.73. The molecule has 0 radical (unpaired) electrons. The average molecular weight is 566 g/mol. The fourth-order valence-electron chi connectivity index (χ4n) is 5.24. The van der Waals surface area contributed by atoms with E-state index in [2.05, 4.69) is 88.1 Å². The predicted octanol–water partition coefficient (Wildman–Crippen LogP) is 10.1. The lowest BCUT2D eigenvalue weighted by Crippen LogP contribution is -2.11. The molecular formula is C38H35N3O2. The van der Waals surface area contributed by atoms with E-state index in [0.717, 1.165) is 28.2 Å². The molecule has 0 atom stereocenters. The van der Waals surface area contributed by atoms with Crippen LogP contribution < -0.4 is 9.47 Å². The van der Waals surface area contributed by atoms with Crippen LogP contribution in [0.1, 0.15) is 37.7 Å². The van der Waals surface area contributed by atoms with E-state index in [9.17, 15) is 0 Å². The number of rotatable bonds is 7. The molecule has 0 amide bonds. The first-order chi connectivity index (χ1) is 20.7. The zero-order valence-electron chi connectivity index (χ0n) is 25.2. The first-order valence-corrected chi connectivity index (χ1v) is 14.5. The summed E-state index contributed by atoms with van der Waals surface area (Å²) in [6.45, 7) is 10.7. The lowest BCUT2D eigenvalue weighted by Gasteiger charge is -2.19. The second kappa shape index (κ2) is 11.6. The molecule has 2 heterocycles. The summed E-state index contributed by atoms with van der Waals surface area (Å²) in [4.78, 5) is 4.39. The Hall–Kier alpha value is -5.16. The van der Waals surface area contributed by atoms with Crippen molar-refractivity contribution < 1.29 is 9.47 Å². The fourth-order valence-corrected chi connectivity index (χ4v) is 5.24. The molecule has 2 aromatic heterocycles. The van der Waals surface area contributed by atoms with Crippen molar-refractivity contribution in [3.05, 3.63) is 138 Å². The molecule has 0 aliphatic rings. The monoisotopic (exact) mass is 565 g/mol. The van der Waals surface area contributed by atoms with Gasteiger partial charge in [0.15, 0.2) is 0 Å². The normalized spacial score (nSPS) is 11.4. The van der Waals surface area contributed by atoms with Gasteiger partial charge in [-0.2, -0.15) is 5.10 Å². The average Bonchev–Trinajstić information content (AvgIpc) is 3.31. The zero-order valence-corrected chi connectivity index (χ0v) is 25.2. The van der Waals surface area contributed by atoms with Gasteiger partial charge in [-0.05, 0) is 71.8 Å². The summed E-state index contributed by atoms with van der Waals surface area (Å²) in [5, 5.41) is 4.90. The van der Waals surface area contributed by atoms with Gasteiger partial charge in [0, 0.05) is 35.7 Å². The lowest BCUT2D eigenvalue weighted by atomic mass is 9.88. The van der Waals surface area contributed by atoms with Crippen molar-refractivity contribution >= 4 is 0 Å². The number of aromatic nitrogens is 3. The summed E-state index contributed by atoms with van der Waals surface area (Å²) in [5.41, 5.74) is 8.84. The molecule has 0 saturated carbocycles. The Balaban J connectivity index is 1.22. The van der Waals surface area contributed by atoms with Crippen LogP contribution in [0.25, 0.3) is 27.9 Å². The minimum absolute atomic E-state index is 0.0102. The summed E-state index contributed by atoms with van der Waals surface area (Å²) < 4.78 is 14.3. The van der Waals surface area contributed by atoms with Gasteiger partial charge in [-0.25, -0.2) is 9.67 Å². The molecule has 0 N–H and O–H groups in total. The van der Waals surface area contributed by atoms with Crippen LogP contribution in [0.5, 0.6) is 23.1 Å². The second-order valence-electron chi connectivity index (χ2n) is 11.7. The summed E-state index contributed by atoms with van der Waals surface area (Å²) >= 11 is 0. The first-order valence-electron chi connectivity index (χ1n) is 14.5. The molecule has 0 fully saturated rings. The molecule has 0 aliphatic carbocycles. The van der Waals surface area contributed by atoms with Crippen LogP contribution in [-0.2, 0) is 5.41 Å². The van der Waals surface area contributed by atoms with Gasteiger partial charge in [0.1, 0.15) is 17.2 Å². The maximum absolute atomic E-state index is 6.27. The Bertz CT molecular complexity index is 1870. The van der Waals surface area contributed by atoms with Crippen LogP contribution in [0.2, 0.25) is 0 Å². The number of pyridine rings is 1. The van der Waals surface area contributed by atoms with Gasteiger partial charge in [0.05, 0.1) is 11.4 Å². The molecule has 6 aromatic rings. The van der Waals surface area contributed by atoms with E-state index in [-0.39, 0.29) is 5.41 Å². The van der Waals surface area contributed by atoms with Crippen LogP contribution >= 0.6 is 0 Å². The van der Waals surface area contributed by atoms with Crippen molar-refractivity contribution in [3.63, 3.8) is 0 Å². The Morgan fingerprint density at radius 3 is 1.95 bits per heavy atom. The van der Waals surface area contributed by atoms with Gasteiger partial charge in [0.2, 0.25) is 5.88 Å². The summed E-state index contributed by atoms with van der Waals surface area (Å²) in [6.07, 6.45) is 1.78. The van der Waals surface area contributed by atoms with E-state index in [1.165, 1.54) is 16.7 Å². The molecule has 0 unspecified atom stereocenters. The van der Waals surface area contributed by atoms with Crippen LogP contribution in [0, 0.1) is 13.8 Å². The third kappa shape index (κ3) is 6.21. The van der Waals surface area contributed by atoms with Crippen LogP contribution in [0.3, 0.4) is 0 Å². The first kappa shape index (κ1) is 28.0. The number of nitrogens with zero attached hydrogens (tertiary/aromatic N) is 3. The Morgan fingerprint density at radius 1 is 0.605 bits per heavy atom. The van der Waals surface area contributed by atoms with Gasteiger partial charge in [-0.15, -0.1) is 0 Å². The van der Waals surface area contributed by atoms with Gasteiger partial charge >= 0.3 is 0 Å². The van der Waals surface area contributed by atoms with E-state index in [0.29, 0.717) is 23.1 Å². The molecule has 6 rings (SSSR count). The quantitative estimate of drug-likeness (QED) is 0.193. The highest BCUT2D eigenvalue weighted by Crippen LogP contribution is 2.33. The zero-order chi connectivity index (χ0) is 30.0. The van der Waals surface area contributed by atoms with E-state index in [4.69, 9.17) is 14.6 Å². The topological polar surface area (TPSA) is 49.2 Å². The van der Waals surface area contributed by atoms with E-state index in [1.807, 2.05) is 71.4 Å². The van der Waals surface area contributed by atoms with Crippen molar-refractivity contribution in [1.82, 2.24) is 14.8 Å². The largest absolute Gasteiger partial charge is 0.457 e. The molecule has 0 aliphatic heterocycles. The lowest BCUT2D eigenvalue weighted by molar-refractivity contribution is 0.446. The third-order valence-electron chi connectivity index (χ3n) is 7.50. The highest BCUT2D eigenvalue weighted by Gasteiger charge is 2.17. The standard InChI is InChI=1S/C38H35N3O2/c1-26-37(30-19-17-29(18-20-30)28-11-7-6-8-12-28)27(2)41(40-26)32-13-9-14-33(24-32)42-34-15-10-16-35(25-34)43-36-23-31(21-22-39-36)38(3,4)5/h6-25H,1-5H3. The van der Waals surface area contributed by atoms with Crippen molar-refractivity contribution in [3.8, 4) is 51.1 Å². The number of ether oxygens (including phenoxy) is 2. The van der Waals surface area contributed by atoms with Crippen LogP contribution in [0.15, 0.2) is 121 Å². The Morgan fingerprint density at radius 2 is 1.23 bits per heavy atom. The molecule has 0 bridgehead atoms. The highest BCUT2D eigenvalue weighted by atomic mass is 16.5. The van der Waals surface area contributed by atoms with Gasteiger partial charge in [-0.1, -0.05) is 87.5 Å². The third-order valence-corrected chi connectivity index (χ3v) is 7.50. The smallest absolute Gasteiger partial charge is 0.219 e. The number of benzene rings is 4. The van der Waals surface area contributed by atoms with Gasteiger partial charge in [-0.3, -0.25) is 0 Å². The van der Waals surface area contributed by atoms with Crippen molar-refractivity contribution in [2.75, 3.05) is 0 Å². The second-order valence-corrected chi connectivity index (χ2v) is 11.7. The van der Waals surface area contributed by atoms with Crippen molar-refractivity contribution in [1.29, 1.82) is 0 Å². The number of aryl methyl sites for hydroxylation is 1. The summed E-state index contributed by atoms with van der Waals surface area (Å²) in [5.74, 6) is 2.60. The molecule has 5 nitrogen and oxygen atoms in total. The SMILES string of the molecule is Cc1nn(-c2cccc(Oc3cccc(Oc4cc(C(C)(C)C)ccn4)c3)c2)c(C)c1-c1ccc(-c2ccccc2)cc1. The van der Waals surface area contributed by atoms with Crippen molar-refractivity contribution in [2.45, 2.75) is 40.0 Å². The van der Waals surface area contributed by atoms with E-state index >= 15 is 0 Å². The molecular weight excluding hydrogens is 530 g/mol. The van der Waals surface area contributed by atoms with Crippen molar-refractivity contribution in [2.24, 2.45) is 0 Å². The molecule has 43 heavy (non-hydrogen) atoms. The number of hydrogen-bond donors (Lipinski definition) is 0. The van der Waals surface area contributed by atoms with E-state index < -0.39 is 0 Å². The number of hydrogen-bond acceptors (Lipinski definition) is 4. The minimum atomic E-state index is 0.0102. The Kier molecular flexibility index (Phi) is 7.56. The molecule has 214 valence electrons. The predicted molar refractivity (Wildman–Crippen MR) is 173 cm³/mol. The van der Waals surface area contributed by atoms with Crippen LogP contribution in [-0.4, -0.2) is 14.8 Å². The molecule has 0 spiro atoms. The molecule has 0 saturated heterocycles. The Labute approximate surface area is 253 Å². The summed E-state index contributed by atoms with van der Waals surface area (Å²) in [7, 11) is 0. The fraction of sp³-hybridized carbons (Fsp3) is 0.158. The van der Waals surface area contributed by atoms with Gasteiger partial charge in [0.25, 0.3) is 0 Å². The summed E-state index contributed by atoms with van der Waals surface area (Å²) in [6, 6.07) is 38.7. The molecule has 4 aromatic carbocycles. The molecule has 5 heteroatoms. The van der Waals surface area contributed by atoms with Crippen LogP contribution in [0.4, 0.5) is 0 Å². The maximum atomic E-state index is 6.27.